The second kappa shape index (κ2) is 6.80. The number of primary amides is 1. The number of carbonyl (C=O) groups is 2. The van der Waals surface area contributed by atoms with E-state index in [4.69, 9.17) is 10.5 Å². The Morgan fingerprint density at radius 1 is 1.23 bits per heavy atom. The molecular weight excluding hydrogens is 330 g/mol. The smallest absolute Gasteiger partial charge is 0.414 e. The number of ether oxygens (including phenoxy) is 1. The SMILES string of the molecule is NC(=O)c1cccc(-c2cccc(N3CCOC3=O)c2)c1C1CCCN1. The second-order valence-corrected chi connectivity index (χ2v) is 6.60. The first-order valence-corrected chi connectivity index (χ1v) is 8.86. The first kappa shape index (κ1) is 16.6. The Balaban J connectivity index is 1.81. The number of hydrogen-bond acceptors (Lipinski definition) is 4. The summed E-state index contributed by atoms with van der Waals surface area (Å²) in [7, 11) is 0. The fraction of sp³-hybridized carbons (Fsp3) is 0.300. The van der Waals surface area contributed by atoms with Gasteiger partial charge in [0.1, 0.15) is 6.61 Å². The zero-order valence-corrected chi connectivity index (χ0v) is 14.4. The summed E-state index contributed by atoms with van der Waals surface area (Å²) in [6, 6.07) is 13.5. The molecule has 134 valence electrons. The standard InChI is InChI=1S/C20H21N3O3/c21-19(24)16-7-2-6-15(18(16)17-8-3-9-22-17)13-4-1-5-14(12-13)23-10-11-26-20(23)25/h1-2,4-7,12,17,22H,3,8-11H2,(H2,21,24). The molecule has 2 aliphatic heterocycles. The summed E-state index contributed by atoms with van der Waals surface area (Å²) in [6.45, 7) is 1.87. The Morgan fingerprint density at radius 3 is 2.77 bits per heavy atom. The van der Waals surface area contributed by atoms with Crippen LogP contribution < -0.4 is 16.0 Å². The van der Waals surface area contributed by atoms with Crippen LogP contribution in [0.5, 0.6) is 0 Å². The van der Waals surface area contributed by atoms with Crippen LogP contribution in [0.15, 0.2) is 42.5 Å². The topological polar surface area (TPSA) is 84.7 Å². The van der Waals surface area contributed by atoms with Crippen molar-refractivity contribution in [2.45, 2.75) is 18.9 Å². The number of benzene rings is 2. The molecule has 2 aliphatic rings. The number of cyclic esters (lactones) is 1. The van der Waals surface area contributed by atoms with Crippen molar-refractivity contribution >= 4 is 17.7 Å². The molecule has 0 radical (unpaired) electrons. The Morgan fingerprint density at radius 2 is 2.08 bits per heavy atom. The Labute approximate surface area is 151 Å². The van der Waals surface area contributed by atoms with Gasteiger partial charge in [0, 0.05) is 17.3 Å². The first-order valence-electron chi connectivity index (χ1n) is 8.86. The van der Waals surface area contributed by atoms with Crippen molar-refractivity contribution in [3.63, 3.8) is 0 Å². The molecule has 0 saturated carbocycles. The molecule has 6 nitrogen and oxygen atoms in total. The molecule has 2 heterocycles. The van der Waals surface area contributed by atoms with Gasteiger partial charge in [-0.05, 0) is 54.3 Å². The molecule has 4 rings (SSSR count). The van der Waals surface area contributed by atoms with Crippen molar-refractivity contribution in [1.82, 2.24) is 5.32 Å². The zero-order valence-electron chi connectivity index (χ0n) is 14.4. The number of nitrogens with zero attached hydrogens (tertiary/aromatic N) is 1. The lowest BCUT2D eigenvalue weighted by Gasteiger charge is -2.20. The third-order valence-electron chi connectivity index (χ3n) is 5.01. The minimum absolute atomic E-state index is 0.106. The van der Waals surface area contributed by atoms with Crippen LogP contribution in [-0.4, -0.2) is 31.7 Å². The maximum absolute atomic E-state index is 12.0. The van der Waals surface area contributed by atoms with Gasteiger partial charge in [0.05, 0.1) is 6.54 Å². The molecule has 2 aromatic carbocycles. The van der Waals surface area contributed by atoms with E-state index in [1.165, 1.54) is 0 Å². The third-order valence-corrected chi connectivity index (χ3v) is 5.01. The summed E-state index contributed by atoms with van der Waals surface area (Å²) >= 11 is 0. The molecule has 0 aromatic heterocycles. The maximum atomic E-state index is 12.0. The highest BCUT2D eigenvalue weighted by atomic mass is 16.6. The molecule has 1 atom stereocenters. The first-order chi connectivity index (χ1) is 12.6. The van der Waals surface area contributed by atoms with Crippen molar-refractivity contribution in [1.29, 1.82) is 0 Å². The molecule has 2 saturated heterocycles. The molecule has 3 N–H and O–H groups in total. The van der Waals surface area contributed by atoms with E-state index in [0.717, 1.165) is 41.8 Å². The number of rotatable bonds is 4. The Hall–Kier alpha value is -2.86. The van der Waals surface area contributed by atoms with Crippen LogP contribution in [0, 0.1) is 0 Å². The molecular formula is C20H21N3O3. The number of nitrogens with two attached hydrogens (primary N) is 1. The summed E-state index contributed by atoms with van der Waals surface area (Å²) in [5, 5.41) is 3.46. The molecule has 26 heavy (non-hydrogen) atoms. The molecule has 0 spiro atoms. The molecule has 0 bridgehead atoms. The van der Waals surface area contributed by atoms with Crippen molar-refractivity contribution in [2.24, 2.45) is 5.73 Å². The van der Waals surface area contributed by atoms with Gasteiger partial charge in [-0.25, -0.2) is 4.79 Å². The normalized spacial score (nSPS) is 19.6. The van der Waals surface area contributed by atoms with E-state index >= 15 is 0 Å². The quantitative estimate of drug-likeness (QED) is 0.887. The van der Waals surface area contributed by atoms with Gasteiger partial charge in [-0.2, -0.15) is 0 Å². The maximum Gasteiger partial charge on any atom is 0.414 e. The van der Waals surface area contributed by atoms with Crippen LogP contribution in [0.3, 0.4) is 0 Å². The van der Waals surface area contributed by atoms with Crippen molar-refractivity contribution < 1.29 is 14.3 Å². The highest BCUT2D eigenvalue weighted by molar-refractivity contribution is 5.97. The number of amides is 2. The number of anilines is 1. The van der Waals surface area contributed by atoms with Crippen molar-refractivity contribution in [2.75, 3.05) is 24.6 Å². The molecule has 2 fully saturated rings. The van der Waals surface area contributed by atoms with Crippen LogP contribution in [0.25, 0.3) is 11.1 Å². The van der Waals surface area contributed by atoms with Crippen LogP contribution in [0.4, 0.5) is 10.5 Å². The third kappa shape index (κ3) is 2.93. The summed E-state index contributed by atoms with van der Waals surface area (Å²) in [6.07, 6.45) is 1.71. The summed E-state index contributed by atoms with van der Waals surface area (Å²) in [5.41, 5.74) is 9.84. The average Bonchev–Trinajstić information content (AvgIpc) is 3.32. The van der Waals surface area contributed by atoms with E-state index in [2.05, 4.69) is 5.32 Å². The minimum Gasteiger partial charge on any atom is -0.447 e. The largest absolute Gasteiger partial charge is 0.447 e. The van der Waals surface area contributed by atoms with Crippen LogP contribution in [0.2, 0.25) is 0 Å². The summed E-state index contributed by atoms with van der Waals surface area (Å²) in [5.74, 6) is -0.421. The highest BCUT2D eigenvalue weighted by Gasteiger charge is 2.26. The minimum atomic E-state index is -0.421. The van der Waals surface area contributed by atoms with Crippen LogP contribution in [-0.2, 0) is 4.74 Å². The van der Waals surface area contributed by atoms with Gasteiger partial charge in [0.2, 0.25) is 5.91 Å². The van der Waals surface area contributed by atoms with E-state index in [9.17, 15) is 9.59 Å². The fourth-order valence-corrected chi connectivity index (χ4v) is 3.81. The van der Waals surface area contributed by atoms with E-state index < -0.39 is 5.91 Å². The average molecular weight is 351 g/mol. The van der Waals surface area contributed by atoms with E-state index in [-0.39, 0.29) is 12.1 Å². The van der Waals surface area contributed by atoms with E-state index in [1.54, 1.807) is 11.0 Å². The summed E-state index contributed by atoms with van der Waals surface area (Å²) in [4.78, 5) is 25.5. The molecule has 0 aliphatic carbocycles. The lowest BCUT2D eigenvalue weighted by molar-refractivity contribution is 0.0998. The van der Waals surface area contributed by atoms with Gasteiger partial charge in [0.15, 0.2) is 0 Å². The molecule has 6 heteroatoms. The van der Waals surface area contributed by atoms with E-state index in [0.29, 0.717) is 18.7 Å². The van der Waals surface area contributed by atoms with Crippen molar-refractivity contribution in [3.8, 4) is 11.1 Å². The van der Waals surface area contributed by atoms with E-state index in [1.807, 2.05) is 36.4 Å². The monoisotopic (exact) mass is 351 g/mol. The van der Waals surface area contributed by atoms with Gasteiger partial charge in [-0.15, -0.1) is 0 Å². The van der Waals surface area contributed by atoms with Crippen molar-refractivity contribution in [3.05, 3.63) is 53.6 Å². The van der Waals surface area contributed by atoms with Gasteiger partial charge < -0.3 is 15.8 Å². The van der Waals surface area contributed by atoms with Gasteiger partial charge in [0.25, 0.3) is 0 Å². The Kier molecular flexibility index (Phi) is 4.34. The zero-order chi connectivity index (χ0) is 18.1. The fourth-order valence-electron chi connectivity index (χ4n) is 3.81. The Bertz CT molecular complexity index is 859. The molecule has 1 unspecified atom stereocenters. The lowest BCUT2D eigenvalue weighted by Crippen LogP contribution is -2.23. The highest BCUT2D eigenvalue weighted by Crippen LogP contribution is 2.36. The molecule has 2 amide bonds. The van der Waals surface area contributed by atoms with Crippen LogP contribution >= 0.6 is 0 Å². The predicted molar refractivity (Wildman–Crippen MR) is 99.1 cm³/mol. The van der Waals surface area contributed by atoms with Gasteiger partial charge in [-0.3, -0.25) is 9.69 Å². The summed E-state index contributed by atoms with van der Waals surface area (Å²) < 4.78 is 5.04. The molecule has 2 aromatic rings. The van der Waals surface area contributed by atoms with Crippen LogP contribution in [0.1, 0.15) is 34.8 Å². The lowest BCUT2D eigenvalue weighted by atomic mass is 9.89. The number of hydrogen-bond donors (Lipinski definition) is 2. The predicted octanol–water partition coefficient (Wildman–Crippen LogP) is 2.83. The van der Waals surface area contributed by atoms with Gasteiger partial charge >= 0.3 is 6.09 Å². The number of nitrogens with one attached hydrogen (secondary N) is 1. The second-order valence-electron chi connectivity index (χ2n) is 6.60. The van der Waals surface area contributed by atoms with Gasteiger partial charge in [-0.1, -0.05) is 24.3 Å². The number of carbonyl (C=O) groups excluding carboxylic acids is 2.